The van der Waals surface area contributed by atoms with Crippen molar-refractivity contribution in [2.75, 3.05) is 24.5 Å². The molecular weight excluding hydrogens is 372 g/mol. The predicted molar refractivity (Wildman–Crippen MR) is 110 cm³/mol. The lowest BCUT2D eigenvalue weighted by Gasteiger charge is -2.34. The largest absolute Gasteiger partial charge is 0.308 e. The second kappa shape index (κ2) is 7.33. The molecule has 0 radical (unpaired) electrons. The van der Waals surface area contributed by atoms with Crippen molar-refractivity contribution in [3.63, 3.8) is 0 Å². The van der Waals surface area contributed by atoms with Crippen molar-refractivity contribution in [3.8, 4) is 0 Å². The Balaban J connectivity index is 1.55. The van der Waals surface area contributed by atoms with Crippen LogP contribution in [0.3, 0.4) is 0 Å². The monoisotopic (exact) mass is 398 g/mol. The summed E-state index contributed by atoms with van der Waals surface area (Å²) in [4.78, 5) is 15.0. The van der Waals surface area contributed by atoms with Crippen LogP contribution >= 0.6 is 0 Å². The van der Waals surface area contributed by atoms with E-state index < -0.39 is 10.0 Å². The lowest BCUT2D eigenvalue weighted by molar-refractivity contribution is 0.0989. The third kappa shape index (κ3) is 3.47. The van der Waals surface area contributed by atoms with Crippen molar-refractivity contribution in [3.05, 3.63) is 59.7 Å². The molecule has 2 aliphatic heterocycles. The van der Waals surface area contributed by atoms with Crippen molar-refractivity contribution in [1.82, 2.24) is 4.31 Å². The van der Waals surface area contributed by atoms with Crippen LogP contribution in [-0.4, -0.2) is 38.3 Å². The highest BCUT2D eigenvalue weighted by Gasteiger charge is 2.32. The molecule has 1 fully saturated rings. The Kier molecular flexibility index (Phi) is 5.02. The summed E-state index contributed by atoms with van der Waals surface area (Å²) in [5, 5.41) is 0. The Labute approximate surface area is 167 Å². The number of amides is 1. The van der Waals surface area contributed by atoms with Crippen LogP contribution in [-0.2, 0) is 16.4 Å². The highest BCUT2D eigenvalue weighted by atomic mass is 32.2. The molecule has 1 saturated heterocycles. The van der Waals surface area contributed by atoms with Gasteiger partial charge in [0.05, 0.1) is 4.90 Å². The lowest BCUT2D eigenvalue weighted by Crippen LogP contribution is -2.42. The van der Waals surface area contributed by atoms with Crippen LogP contribution < -0.4 is 4.90 Å². The number of fused-ring (bicyclic) bond motifs is 1. The molecule has 148 valence electrons. The molecule has 0 N–H and O–H groups in total. The number of benzene rings is 2. The maximum atomic E-state index is 13.0. The van der Waals surface area contributed by atoms with Gasteiger partial charge in [-0.25, -0.2) is 8.42 Å². The van der Waals surface area contributed by atoms with Gasteiger partial charge >= 0.3 is 0 Å². The van der Waals surface area contributed by atoms with Crippen molar-refractivity contribution in [2.45, 2.75) is 31.6 Å². The van der Waals surface area contributed by atoms with Crippen LogP contribution in [0.25, 0.3) is 0 Å². The van der Waals surface area contributed by atoms with Crippen LogP contribution in [0.1, 0.15) is 36.2 Å². The van der Waals surface area contributed by atoms with Crippen molar-refractivity contribution < 1.29 is 13.2 Å². The minimum Gasteiger partial charge on any atom is -0.308 e. The van der Waals surface area contributed by atoms with Gasteiger partial charge in [0.1, 0.15) is 0 Å². The maximum Gasteiger partial charge on any atom is 0.258 e. The molecule has 2 atom stereocenters. The van der Waals surface area contributed by atoms with Gasteiger partial charge in [-0.3, -0.25) is 4.79 Å². The number of hydrogen-bond donors (Lipinski definition) is 0. The molecule has 2 aliphatic rings. The molecule has 4 rings (SSSR count). The molecular formula is C22H26N2O3S. The average molecular weight is 399 g/mol. The number of hydrogen-bond acceptors (Lipinski definition) is 3. The van der Waals surface area contributed by atoms with E-state index in [1.807, 2.05) is 24.3 Å². The van der Waals surface area contributed by atoms with Gasteiger partial charge in [-0.1, -0.05) is 32.0 Å². The highest BCUT2D eigenvalue weighted by molar-refractivity contribution is 7.89. The molecule has 2 aromatic carbocycles. The smallest absolute Gasteiger partial charge is 0.258 e. The first kappa shape index (κ1) is 19.2. The molecule has 0 spiro atoms. The number of anilines is 1. The first-order chi connectivity index (χ1) is 13.4. The normalized spacial score (nSPS) is 22.9. The zero-order chi connectivity index (χ0) is 19.9. The van der Waals surface area contributed by atoms with Crippen LogP contribution in [0.4, 0.5) is 5.69 Å². The summed E-state index contributed by atoms with van der Waals surface area (Å²) < 4.78 is 27.6. The summed E-state index contributed by atoms with van der Waals surface area (Å²) in [6.07, 6.45) is 1.90. The molecule has 6 heteroatoms. The standard InChI is InChI=1S/C22H26N2O3S/c1-16-13-17(2)15-23(14-16)28(26,27)20-9-7-19(8-10-20)22(25)24-12-11-18-5-3-4-6-21(18)24/h3-10,16-17H,11-15H2,1-2H3/t16-,17-/m1/s1. The SMILES string of the molecule is C[C@@H]1C[C@@H](C)CN(S(=O)(=O)c2ccc(C(=O)N3CCc4ccccc43)cc2)C1. The average Bonchev–Trinajstić information content (AvgIpc) is 3.11. The van der Waals surface area contributed by atoms with Crippen LogP contribution in [0.5, 0.6) is 0 Å². The summed E-state index contributed by atoms with van der Waals surface area (Å²) in [5.74, 6) is 0.623. The van der Waals surface area contributed by atoms with Gasteiger partial charge in [0.2, 0.25) is 10.0 Å². The summed E-state index contributed by atoms with van der Waals surface area (Å²) in [5.41, 5.74) is 2.62. The van der Waals surface area contributed by atoms with E-state index in [0.717, 1.165) is 18.5 Å². The minimum atomic E-state index is -3.53. The summed E-state index contributed by atoms with van der Waals surface area (Å²) >= 11 is 0. The van der Waals surface area contributed by atoms with E-state index >= 15 is 0 Å². The van der Waals surface area contributed by atoms with Gasteiger partial charge < -0.3 is 4.90 Å². The number of nitrogens with zero attached hydrogens (tertiary/aromatic N) is 2. The number of carbonyl (C=O) groups excluding carboxylic acids is 1. The summed E-state index contributed by atoms with van der Waals surface area (Å²) in [7, 11) is -3.53. The van der Waals surface area contributed by atoms with Crippen LogP contribution in [0, 0.1) is 11.8 Å². The fraction of sp³-hybridized carbons (Fsp3) is 0.409. The molecule has 2 heterocycles. The molecule has 0 aromatic heterocycles. The van der Waals surface area contributed by atoms with Gasteiger partial charge in [0.15, 0.2) is 0 Å². The molecule has 0 aliphatic carbocycles. The van der Waals surface area contributed by atoms with Gasteiger partial charge in [-0.05, 0) is 60.6 Å². The topological polar surface area (TPSA) is 57.7 Å². The summed E-state index contributed by atoms with van der Waals surface area (Å²) in [6.45, 7) is 5.94. The number of carbonyl (C=O) groups is 1. The van der Waals surface area contributed by atoms with E-state index in [9.17, 15) is 13.2 Å². The van der Waals surface area contributed by atoms with E-state index in [0.29, 0.717) is 37.0 Å². The molecule has 28 heavy (non-hydrogen) atoms. The Morgan fingerprint density at radius 2 is 1.61 bits per heavy atom. The molecule has 5 nitrogen and oxygen atoms in total. The molecule has 0 bridgehead atoms. The van der Waals surface area contributed by atoms with E-state index in [1.165, 1.54) is 5.56 Å². The number of rotatable bonds is 3. The maximum absolute atomic E-state index is 13.0. The minimum absolute atomic E-state index is 0.0888. The number of para-hydroxylation sites is 1. The molecule has 1 amide bonds. The quantitative estimate of drug-likeness (QED) is 0.794. The van der Waals surface area contributed by atoms with E-state index in [1.54, 1.807) is 33.5 Å². The number of sulfonamides is 1. The third-order valence-electron chi connectivity index (χ3n) is 5.71. The van der Waals surface area contributed by atoms with Crippen LogP contribution in [0.15, 0.2) is 53.4 Å². The predicted octanol–water partition coefficient (Wildman–Crippen LogP) is 3.56. The zero-order valence-electron chi connectivity index (χ0n) is 16.3. The Morgan fingerprint density at radius 1 is 0.964 bits per heavy atom. The third-order valence-corrected chi connectivity index (χ3v) is 7.55. The van der Waals surface area contributed by atoms with E-state index in [-0.39, 0.29) is 10.8 Å². The first-order valence-electron chi connectivity index (χ1n) is 9.86. The van der Waals surface area contributed by atoms with Gasteiger partial charge in [-0.15, -0.1) is 0 Å². The second-order valence-electron chi connectivity index (χ2n) is 8.13. The second-order valence-corrected chi connectivity index (χ2v) is 10.1. The molecule has 0 unspecified atom stereocenters. The van der Waals surface area contributed by atoms with E-state index in [4.69, 9.17) is 0 Å². The Bertz CT molecular complexity index is 975. The van der Waals surface area contributed by atoms with Crippen molar-refractivity contribution in [2.24, 2.45) is 11.8 Å². The molecule has 2 aromatic rings. The lowest BCUT2D eigenvalue weighted by atomic mass is 9.94. The van der Waals surface area contributed by atoms with Crippen molar-refractivity contribution in [1.29, 1.82) is 0 Å². The Morgan fingerprint density at radius 3 is 2.29 bits per heavy atom. The van der Waals surface area contributed by atoms with Gasteiger partial charge in [-0.2, -0.15) is 4.31 Å². The highest BCUT2D eigenvalue weighted by Crippen LogP contribution is 2.30. The summed E-state index contributed by atoms with van der Waals surface area (Å²) in [6, 6.07) is 14.3. The molecule has 0 saturated carbocycles. The van der Waals surface area contributed by atoms with E-state index in [2.05, 4.69) is 13.8 Å². The fourth-order valence-electron chi connectivity index (χ4n) is 4.43. The van der Waals surface area contributed by atoms with Gasteiger partial charge in [0, 0.05) is 30.9 Å². The van der Waals surface area contributed by atoms with Crippen molar-refractivity contribution >= 4 is 21.6 Å². The Hall–Kier alpha value is -2.18. The fourth-order valence-corrected chi connectivity index (χ4v) is 6.11. The van der Waals surface area contributed by atoms with Gasteiger partial charge in [0.25, 0.3) is 5.91 Å². The number of piperidine rings is 1. The zero-order valence-corrected chi connectivity index (χ0v) is 17.2. The van der Waals surface area contributed by atoms with Crippen LogP contribution in [0.2, 0.25) is 0 Å². The first-order valence-corrected chi connectivity index (χ1v) is 11.3.